The molecule has 3 heterocycles. The summed E-state index contributed by atoms with van der Waals surface area (Å²) in [7, 11) is 0. The van der Waals surface area contributed by atoms with Gasteiger partial charge in [-0.15, -0.1) is 0 Å². The summed E-state index contributed by atoms with van der Waals surface area (Å²) >= 11 is 0. The van der Waals surface area contributed by atoms with Crippen molar-refractivity contribution in [1.82, 2.24) is 14.4 Å². The zero-order valence-electron chi connectivity index (χ0n) is 14.9. The molecule has 1 N–H and O–H groups in total. The van der Waals surface area contributed by atoms with E-state index in [1.807, 2.05) is 0 Å². The number of imidazole rings is 1. The van der Waals surface area contributed by atoms with E-state index in [0.29, 0.717) is 35.8 Å². The van der Waals surface area contributed by atoms with E-state index in [-0.39, 0.29) is 11.6 Å². The number of nitrogens with zero attached hydrogens (tertiary/aromatic N) is 3. The summed E-state index contributed by atoms with van der Waals surface area (Å²) in [5.74, 6) is -0.470. The predicted molar refractivity (Wildman–Crippen MR) is 95.8 cm³/mol. The predicted octanol–water partition coefficient (Wildman–Crippen LogP) is 4.14. The molecule has 0 aromatic carbocycles. The fraction of sp³-hybridized carbons (Fsp3) is 0.316. The molecule has 6 nitrogen and oxygen atoms in total. The molecule has 2 atom stereocenters. The van der Waals surface area contributed by atoms with Crippen LogP contribution in [0.25, 0.3) is 5.65 Å². The van der Waals surface area contributed by atoms with Crippen LogP contribution in [0.5, 0.6) is 5.75 Å². The van der Waals surface area contributed by atoms with Gasteiger partial charge in [0.25, 0.3) is 12.3 Å². The highest BCUT2D eigenvalue weighted by Crippen LogP contribution is 2.43. The van der Waals surface area contributed by atoms with Gasteiger partial charge in [-0.3, -0.25) is 4.79 Å². The molecule has 0 bridgehead atoms. The number of carbonyl (C=O) groups excluding carboxylic acids is 1. The molecule has 3 aromatic heterocycles. The second-order valence-electron chi connectivity index (χ2n) is 6.48. The number of halogens is 3. The van der Waals surface area contributed by atoms with Gasteiger partial charge in [0, 0.05) is 24.4 Å². The number of aromatic nitrogens is 3. The Morgan fingerprint density at radius 1 is 1.36 bits per heavy atom. The Bertz CT molecular complexity index is 1040. The van der Waals surface area contributed by atoms with Crippen LogP contribution in [0.15, 0.2) is 36.7 Å². The Labute approximate surface area is 158 Å². The molecule has 0 unspecified atom stereocenters. The summed E-state index contributed by atoms with van der Waals surface area (Å²) in [4.78, 5) is 20.6. The lowest BCUT2D eigenvalue weighted by atomic mass is 10.2. The average molecular weight is 390 g/mol. The second-order valence-corrected chi connectivity index (χ2v) is 6.48. The minimum Gasteiger partial charge on any atom is -0.491 e. The van der Waals surface area contributed by atoms with Crippen molar-refractivity contribution in [3.8, 4) is 5.75 Å². The van der Waals surface area contributed by atoms with Gasteiger partial charge in [0.1, 0.15) is 34.6 Å². The Morgan fingerprint density at radius 2 is 2.14 bits per heavy atom. The molecule has 3 aromatic rings. The van der Waals surface area contributed by atoms with Crippen LogP contribution in [0, 0.1) is 0 Å². The van der Waals surface area contributed by atoms with E-state index in [1.54, 1.807) is 29.8 Å². The molecule has 0 aliphatic heterocycles. The number of anilines is 1. The van der Waals surface area contributed by atoms with Crippen LogP contribution in [0.1, 0.15) is 47.6 Å². The van der Waals surface area contributed by atoms with Crippen molar-refractivity contribution in [3.05, 3.63) is 53.7 Å². The van der Waals surface area contributed by atoms with Gasteiger partial charge in [0.2, 0.25) is 0 Å². The quantitative estimate of drug-likeness (QED) is 0.687. The number of ether oxygens (including phenoxy) is 1. The van der Waals surface area contributed by atoms with Crippen molar-refractivity contribution in [2.24, 2.45) is 0 Å². The maximum Gasteiger partial charge on any atom is 0.280 e. The monoisotopic (exact) mass is 390 g/mol. The molecule has 1 fully saturated rings. The van der Waals surface area contributed by atoms with Gasteiger partial charge < -0.3 is 14.5 Å². The summed E-state index contributed by atoms with van der Waals surface area (Å²) in [5, 5.41) is 2.64. The van der Waals surface area contributed by atoms with Gasteiger partial charge in [-0.25, -0.2) is 23.1 Å². The Morgan fingerprint density at radius 3 is 2.82 bits per heavy atom. The van der Waals surface area contributed by atoms with Gasteiger partial charge in [0.05, 0.1) is 12.3 Å². The molecule has 146 valence electrons. The molecule has 0 spiro atoms. The first-order chi connectivity index (χ1) is 13.5. The third-order valence-electron chi connectivity index (χ3n) is 4.44. The van der Waals surface area contributed by atoms with Crippen LogP contribution in [0.2, 0.25) is 0 Å². The van der Waals surface area contributed by atoms with E-state index in [9.17, 15) is 18.0 Å². The van der Waals surface area contributed by atoms with E-state index < -0.39 is 24.2 Å². The van der Waals surface area contributed by atoms with Crippen molar-refractivity contribution >= 4 is 17.2 Å². The maximum atomic E-state index is 13.3. The molecule has 0 radical (unpaired) electrons. The molecule has 28 heavy (non-hydrogen) atoms. The number of nitrogens with one attached hydrogen (secondary N) is 1. The van der Waals surface area contributed by atoms with Gasteiger partial charge in [-0.2, -0.15) is 0 Å². The molecule has 0 saturated heterocycles. The van der Waals surface area contributed by atoms with Crippen LogP contribution in [0.4, 0.5) is 18.9 Å². The summed E-state index contributed by atoms with van der Waals surface area (Å²) in [6, 6.07) is 5.49. The molecular formula is C19H17F3N4O2. The lowest BCUT2D eigenvalue weighted by Gasteiger charge is -2.12. The first-order valence-electron chi connectivity index (χ1n) is 8.82. The number of hydrogen-bond acceptors (Lipinski definition) is 4. The van der Waals surface area contributed by atoms with Crippen molar-refractivity contribution in [1.29, 1.82) is 0 Å². The van der Waals surface area contributed by atoms with Crippen molar-refractivity contribution < 1.29 is 22.7 Å². The SMILES string of the molecule is CCOc1cc2nc([C@@H]3C[C@@H]3F)cn2cc1NC(=O)c1cccc(C(F)F)n1. The highest BCUT2D eigenvalue weighted by atomic mass is 19.3. The molecule has 1 amide bonds. The standard InChI is InChI=1S/C19H17F3N4O2/c1-2-28-16-7-17-24-14(10-6-11(10)20)8-26(17)9-15(16)25-19(27)13-5-3-4-12(23-13)18(21)22/h3-5,7-11,18H,2,6H2,1H3,(H,25,27)/t10-,11+/m1/s1. The fourth-order valence-electron chi connectivity index (χ4n) is 2.94. The molecule has 1 aliphatic carbocycles. The number of rotatable bonds is 6. The number of alkyl halides is 3. The Hall–Kier alpha value is -3.10. The average Bonchev–Trinajstić information content (AvgIpc) is 3.26. The van der Waals surface area contributed by atoms with Crippen LogP contribution in [-0.2, 0) is 0 Å². The van der Waals surface area contributed by atoms with Crippen LogP contribution in [-0.4, -0.2) is 33.1 Å². The van der Waals surface area contributed by atoms with Crippen LogP contribution in [0.3, 0.4) is 0 Å². The van der Waals surface area contributed by atoms with Gasteiger partial charge in [-0.05, 0) is 25.5 Å². The fourth-order valence-corrected chi connectivity index (χ4v) is 2.94. The lowest BCUT2D eigenvalue weighted by molar-refractivity contribution is 0.101. The van der Waals surface area contributed by atoms with Crippen LogP contribution < -0.4 is 10.1 Å². The number of fused-ring (bicyclic) bond motifs is 1. The minimum absolute atomic E-state index is 0.134. The molecule has 1 aliphatic rings. The number of amides is 1. The van der Waals surface area contributed by atoms with E-state index in [1.165, 1.54) is 12.1 Å². The highest BCUT2D eigenvalue weighted by Gasteiger charge is 2.40. The van der Waals surface area contributed by atoms with Crippen molar-refractivity contribution in [3.63, 3.8) is 0 Å². The van der Waals surface area contributed by atoms with Gasteiger partial charge in [-0.1, -0.05) is 6.07 Å². The van der Waals surface area contributed by atoms with E-state index in [4.69, 9.17) is 4.74 Å². The van der Waals surface area contributed by atoms with E-state index in [2.05, 4.69) is 15.3 Å². The smallest absolute Gasteiger partial charge is 0.280 e. The first kappa shape index (κ1) is 18.3. The zero-order valence-corrected chi connectivity index (χ0v) is 14.9. The lowest BCUT2D eigenvalue weighted by Crippen LogP contribution is -2.16. The third kappa shape index (κ3) is 3.51. The summed E-state index contributed by atoms with van der Waals surface area (Å²) in [6.45, 7) is 2.14. The summed E-state index contributed by atoms with van der Waals surface area (Å²) in [6.07, 6.45) is 0.123. The van der Waals surface area contributed by atoms with Crippen molar-refractivity contribution in [2.45, 2.75) is 31.9 Å². The number of carbonyl (C=O) groups is 1. The van der Waals surface area contributed by atoms with Crippen LogP contribution >= 0.6 is 0 Å². The summed E-state index contributed by atoms with van der Waals surface area (Å²) < 4.78 is 46.2. The number of hydrogen-bond donors (Lipinski definition) is 1. The van der Waals surface area contributed by atoms with E-state index in [0.717, 1.165) is 6.07 Å². The normalized spacial score (nSPS) is 18.5. The number of pyridine rings is 2. The largest absolute Gasteiger partial charge is 0.491 e. The minimum atomic E-state index is -2.77. The molecule has 1 saturated carbocycles. The topological polar surface area (TPSA) is 68.5 Å². The van der Waals surface area contributed by atoms with E-state index >= 15 is 0 Å². The molecule has 4 rings (SSSR count). The molecular weight excluding hydrogens is 373 g/mol. The maximum absolute atomic E-state index is 13.3. The Kier molecular flexibility index (Phi) is 4.66. The third-order valence-corrected chi connectivity index (χ3v) is 4.44. The highest BCUT2D eigenvalue weighted by molar-refractivity contribution is 6.03. The van der Waals surface area contributed by atoms with Crippen molar-refractivity contribution in [2.75, 3.05) is 11.9 Å². The zero-order chi connectivity index (χ0) is 19.8. The molecule has 9 heteroatoms. The van der Waals surface area contributed by atoms with Gasteiger partial charge >= 0.3 is 0 Å². The first-order valence-corrected chi connectivity index (χ1v) is 8.82. The Balaban J connectivity index is 1.65. The second kappa shape index (κ2) is 7.14. The summed E-state index contributed by atoms with van der Waals surface area (Å²) in [5.41, 5.74) is 0.931. The van der Waals surface area contributed by atoms with Gasteiger partial charge in [0.15, 0.2) is 0 Å².